The fourth-order valence-corrected chi connectivity index (χ4v) is 7.30. The minimum atomic E-state index is 0.561. The highest BCUT2D eigenvalue weighted by atomic mass is 16.3. The third-order valence-corrected chi connectivity index (χ3v) is 9.75. The number of nitrogens with zero attached hydrogens (tertiary/aromatic N) is 3. The number of aromatic nitrogens is 3. The highest BCUT2D eigenvalue weighted by Gasteiger charge is 2.19. The Labute approximate surface area is 290 Å². The van der Waals surface area contributed by atoms with Crippen molar-refractivity contribution in [2.75, 3.05) is 0 Å². The molecule has 0 atom stereocenters. The lowest BCUT2D eigenvalue weighted by molar-refractivity contribution is 0.668. The molecule has 7 aromatic carbocycles. The third-order valence-electron chi connectivity index (χ3n) is 9.75. The predicted octanol–water partition coefficient (Wildman–Crippen LogP) is 12.2. The Morgan fingerprint density at radius 1 is 0.294 bits per heavy atom. The van der Waals surface area contributed by atoms with Crippen molar-refractivity contribution >= 4 is 65.8 Å². The van der Waals surface area contributed by atoms with Crippen LogP contribution < -0.4 is 0 Å². The predicted molar refractivity (Wildman–Crippen MR) is 203 cm³/mol. The molecular weight excluding hydrogens is 631 g/mol. The summed E-state index contributed by atoms with van der Waals surface area (Å²) in [6, 6.07) is 51.1. The number of para-hydroxylation sites is 2. The molecule has 0 aliphatic rings. The molecule has 0 amide bonds. The number of benzene rings is 7. The van der Waals surface area contributed by atoms with Crippen LogP contribution in [-0.4, -0.2) is 15.0 Å². The van der Waals surface area contributed by atoms with Gasteiger partial charge in [0.2, 0.25) is 0 Å². The quantitative estimate of drug-likeness (QED) is 0.188. The Hall–Kier alpha value is -7.05. The molecule has 0 fully saturated rings. The molecule has 11 aromatic rings. The van der Waals surface area contributed by atoms with Gasteiger partial charge in [0.25, 0.3) is 0 Å². The molecule has 0 saturated carbocycles. The normalized spacial score (nSPS) is 11.9. The molecule has 6 nitrogen and oxygen atoms in total. The van der Waals surface area contributed by atoms with E-state index in [2.05, 4.69) is 60.7 Å². The zero-order chi connectivity index (χ0) is 33.5. The summed E-state index contributed by atoms with van der Waals surface area (Å²) in [7, 11) is 0. The minimum absolute atomic E-state index is 0.561. The number of hydrogen-bond acceptors (Lipinski definition) is 6. The molecule has 0 N–H and O–H groups in total. The van der Waals surface area contributed by atoms with E-state index in [0.717, 1.165) is 93.6 Å². The van der Waals surface area contributed by atoms with Crippen LogP contribution in [0.1, 0.15) is 0 Å². The molecule has 51 heavy (non-hydrogen) atoms. The first-order chi connectivity index (χ1) is 25.2. The first-order valence-corrected chi connectivity index (χ1v) is 16.8. The zero-order valence-corrected chi connectivity index (χ0v) is 27.0. The molecule has 0 radical (unpaired) electrons. The Morgan fingerprint density at radius 2 is 0.765 bits per heavy atom. The van der Waals surface area contributed by atoms with Crippen molar-refractivity contribution in [1.82, 2.24) is 15.0 Å². The van der Waals surface area contributed by atoms with Crippen LogP contribution >= 0.6 is 0 Å². The number of hydrogen-bond donors (Lipinski definition) is 0. The highest BCUT2D eigenvalue weighted by Crippen LogP contribution is 2.39. The van der Waals surface area contributed by atoms with Crippen molar-refractivity contribution in [2.24, 2.45) is 0 Å². The second-order valence-corrected chi connectivity index (χ2v) is 12.8. The van der Waals surface area contributed by atoms with Gasteiger partial charge in [0.05, 0.1) is 0 Å². The second-order valence-electron chi connectivity index (χ2n) is 12.8. The van der Waals surface area contributed by atoms with E-state index in [0.29, 0.717) is 17.5 Å². The van der Waals surface area contributed by atoms with Gasteiger partial charge in [0, 0.05) is 49.0 Å². The van der Waals surface area contributed by atoms with Gasteiger partial charge in [0.1, 0.15) is 33.5 Å². The topological polar surface area (TPSA) is 78.1 Å². The summed E-state index contributed by atoms with van der Waals surface area (Å²) >= 11 is 0. The van der Waals surface area contributed by atoms with Gasteiger partial charge < -0.3 is 13.3 Å². The van der Waals surface area contributed by atoms with Crippen LogP contribution in [0.4, 0.5) is 0 Å². The molecule has 0 aliphatic carbocycles. The van der Waals surface area contributed by atoms with Crippen LogP contribution in [0.2, 0.25) is 0 Å². The number of rotatable bonds is 4. The second kappa shape index (κ2) is 10.7. The maximum atomic E-state index is 6.53. The van der Waals surface area contributed by atoms with Gasteiger partial charge in [-0.2, -0.15) is 0 Å². The molecule has 238 valence electrons. The molecule has 0 aliphatic heterocycles. The Balaban J connectivity index is 1.04. The SMILES string of the molecule is c1ccc(-c2nc(-c3ccc4c(c3)oc3cc(-c5ccc6c(c5)oc5ccccc56)ccc34)nc(-c3cccc4oc5ccccc5c34)n2)cc1. The van der Waals surface area contributed by atoms with Gasteiger partial charge >= 0.3 is 0 Å². The fourth-order valence-electron chi connectivity index (χ4n) is 7.30. The van der Waals surface area contributed by atoms with Gasteiger partial charge in [-0.15, -0.1) is 0 Å². The lowest BCUT2D eigenvalue weighted by Crippen LogP contribution is -2.00. The van der Waals surface area contributed by atoms with E-state index in [1.165, 1.54) is 0 Å². The van der Waals surface area contributed by atoms with Crippen molar-refractivity contribution < 1.29 is 13.3 Å². The van der Waals surface area contributed by atoms with E-state index >= 15 is 0 Å². The molecular formula is C45H25N3O3. The Kier molecular flexibility index (Phi) is 5.86. The van der Waals surface area contributed by atoms with Crippen LogP contribution in [0.3, 0.4) is 0 Å². The van der Waals surface area contributed by atoms with E-state index in [9.17, 15) is 0 Å². The Bertz CT molecular complexity index is 3150. The van der Waals surface area contributed by atoms with Crippen molar-refractivity contribution in [2.45, 2.75) is 0 Å². The lowest BCUT2D eigenvalue weighted by atomic mass is 10.0. The molecule has 6 heteroatoms. The fraction of sp³-hybridized carbons (Fsp3) is 0. The van der Waals surface area contributed by atoms with Gasteiger partial charge in [-0.05, 0) is 65.7 Å². The summed E-state index contributed by atoms with van der Waals surface area (Å²) in [5.74, 6) is 1.73. The summed E-state index contributed by atoms with van der Waals surface area (Å²) in [5, 5.41) is 6.30. The average molecular weight is 656 g/mol. The van der Waals surface area contributed by atoms with E-state index in [-0.39, 0.29) is 0 Å². The molecule has 4 heterocycles. The molecule has 11 rings (SSSR count). The standard InChI is InChI=1S/C45H25N3O3/c1-2-9-26(10-3-1)43-46-44(48-45(47-43)35-13-8-16-38-42(35)34-12-5-7-15-37(34)49-38)29-19-22-33-32-21-18-28(24-40(32)51-41(33)25-29)27-17-20-31-30-11-4-6-14-36(30)50-39(31)23-27/h1-25H. The first-order valence-electron chi connectivity index (χ1n) is 16.8. The van der Waals surface area contributed by atoms with E-state index < -0.39 is 0 Å². The first kappa shape index (κ1) is 27.9. The monoisotopic (exact) mass is 655 g/mol. The van der Waals surface area contributed by atoms with Crippen molar-refractivity contribution in [1.29, 1.82) is 0 Å². The molecule has 0 spiro atoms. The average Bonchev–Trinajstić information content (AvgIpc) is 3.88. The van der Waals surface area contributed by atoms with Gasteiger partial charge in [-0.25, -0.2) is 15.0 Å². The summed E-state index contributed by atoms with van der Waals surface area (Å²) in [6.45, 7) is 0. The van der Waals surface area contributed by atoms with E-state index in [4.69, 9.17) is 28.2 Å². The summed E-state index contributed by atoms with van der Waals surface area (Å²) in [4.78, 5) is 15.1. The van der Waals surface area contributed by atoms with Crippen molar-refractivity contribution in [3.63, 3.8) is 0 Å². The van der Waals surface area contributed by atoms with Crippen LogP contribution in [0.25, 0.3) is 111 Å². The number of furan rings is 3. The van der Waals surface area contributed by atoms with Gasteiger partial charge in [-0.1, -0.05) is 97.1 Å². The van der Waals surface area contributed by atoms with Crippen LogP contribution in [0.5, 0.6) is 0 Å². The van der Waals surface area contributed by atoms with Crippen molar-refractivity contribution in [3.05, 3.63) is 152 Å². The Morgan fingerprint density at radius 3 is 1.47 bits per heavy atom. The van der Waals surface area contributed by atoms with Crippen LogP contribution in [0.15, 0.2) is 165 Å². The van der Waals surface area contributed by atoms with Gasteiger partial charge in [0.15, 0.2) is 17.5 Å². The van der Waals surface area contributed by atoms with Gasteiger partial charge in [-0.3, -0.25) is 0 Å². The summed E-state index contributed by atoms with van der Waals surface area (Å²) in [6.07, 6.45) is 0. The third kappa shape index (κ3) is 4.40. The highest BCUT2D eigenvalue weighted by molar-refractivity contribution is 6.12. The number of fused-ring (bicyclic) bond motifs is 9. The summed E-state index contributed by atoms with van der Waals surface area (Å²) < 4.78 is 18.9. The van der Waals surface area contributed by atoms with Crippen molar-refractivity contribution in [3.8, 4) is 45.3 Å². The smallest absolute Gasteiger partial charge is 0.164 e. The molecule has 0 saturated heterocycles. The molecule has 0 bridgehead atoms. The van der Waals surface area contributed by atoms with Crippen LogP contribution in [-0.2, 0) is 0 Å². The van der Waals surface area contributed by atoms with Crippen LogP contribution in [0, 0.1) is 0 Å². The maximum Gasteiger partial charge on any atom is 0.164 e. The maximum absolute atomic E-state index is 6.53. The zero-order valence-electron chi connectivity index (χ0n) is 27.0. The molecule has 4 aromatic heterocycles. The summed E-state index contributed by atoms with van der Waals surface area (Å²) in [5.41, 5.74) is 9.69. The van der Waals surface area contributed by atoms with E-state index in [1.54, 1.807) is 0 Å². The minimum Gasteiger partial charge on any atom is -0.456 e. The molecule has 0 unspecified atom stereocenters. The largest absolute Gasteiger partial charge is 0.456 e. The lowest BCUT2D eigenvalue weighted by Gasteiger charge is -2.09. The van der Waals surface area contributed by atoms with E-state index in [1.807, 2.05) is 91.0 Å².